The van der Waals surface area contributed by atoms with Gasteiger partial charge in [0.15, 0.2) is 11.0 Å². The lowest BCUT2D eigenvalue weighted by Gasteiger charge is -2.12. The molecule has 6 heteroatoms. The monoisotopic (exact) mass is 428 g/mol. The lowest BCUT2D eigenvalue weighted by atomic mass is 10.1. The van der Waals surface area contributed by atoms with Gasteiger partial charge in [-0.1, -0.05) is 90.6 Å². The van der Waals surface area contributed by atoms with E-state index >= 15 is 0 Å². The molecule has 0 fully saturated rings. The SMILES string of the molecule is Cc1cccc(C)c1NC(=O)CSc1nnc(-c2ccccc2)n1Cc1ccccc1. The number of carbonyl (C=O) groups is 1. The van der Waals surface area contributed by atoms with E-state index in [-0.39, 0.29) is 11.7 Å². The van der Waals surface area contributed by atoms with E-state index in [1.165, 1.54) is 11.8 Å². The molecule has 5 nitrogen and oxygen atoms in total. The summed E-state index contributed by atoms with van der Waals surface area (Å²) >= 11 is 1.40. The van der Waals surface area contributed by atoms with Gasteiger partial charge in [-0.3, -0.25) is 9.36 Å². The number of rotatable bonds is 7. The average molecular weight is 429 g/mol. The highest BCUT2D eigenvalue weighted by molar-refractivity contribution is 7.99. The third kappa shape index (κ3) is 5.03. The van der Waals surface area contributed by atoms with Crippen LogP contribution in [-0.4, -0.2) is 26.4 Å². The number of aromatic nitrogens is 3. The molecule has 1 aromatic heterocycles. The normalized spacial score (nSPS) is 10.8. The van der Waals surface area contributed by atoms with E-state index in [1.54, 1.807) is 0 Å². The van der Waals surface area contributed by atoms with Crippen LogP contribution in [0.25, 0.3) is 11.4 Å². The zero-order valence-corrected chi connectivity index (χ0v) is 18.4. The predicted octanol–water partition coefficient (Wildman–Crippen LogP) is 5.34. The summed E-state index contributed by atoms with van der Waals surface area (Å²) in [7, 11) is 0. The Hall–Kier alpha value is -3.38. The largest absolute Gasteiger partial charge is 0.325 e. The first-order valence-electron chi connectivity index (χ1n) is 10.1. The molecule has 31 heavy (non-hydrogen) atoms. The molecular formula is C25H24N4OS. The highest BCUT2D eigenvalue weighted by atomic mass is 32.2. The Balaban J connectivity index is 1.55. The van der Waals surface area contributed by atoms with E-state index in [9.17, 15) is 4.79 Å². The molecule has 0 aliphatic carbocycles. The van der Waals surface area contributed by atoms with Crippen LogP contribution in [0.4, 0.5) is 5.69 Å². The molecule has 156 valence electrons. The number of amides is 1. The van der Waals surface area contributed by atoms with Gasteiger partial charge in [-0.25, -0.2) is 0 Å². The van der Waals surface area contributed by atoms with E-state index in [4.69, 9.17) is 0 Å². The fourth-order valence-electron chi connectivity index (χ4n) is 3.42. The maximum atomic E-state index is 12.6. The quantitative estimate of drug-likeness (QED) is 0.404. The van der Waals surface area contributed by atoms with Crippen molar-refractivity contribution in [3.63, 3.8) is 0 Å². The minimum atomic E-state index is -0.0575. The summed E-state index contributed by atoms with van der Waals surface area (Å²) in [6.45, 7) is 4.63. The molecular weight excluding hydrogens is 404 g/mol. The second-order valence-corrected chi connectivity index (χ2v) is 8.29. The topological polar surface area (TPSA) is 59.8 Å². The number of hydrogen-bond acceptors (Lipinski definition) is 4. The van der Waals surface area contributed by atoms with Crippen molar-refractivity contribution in [1.82, 2.24) is 14.8 Å². The van der Waals surface area contributed by atoms with Crippen LogP contribution in [-0.2, 0) is 11.3 Å². The number of aryl methyl sites for hydroxylation is 2. The number of nitrogens with zero attached hydrogens (tertiary/aromatic N) is 3. The van der Waals surface area contributed by atoms with E-state index in [2.05, 4.69) is 32.2 Å². The van der Waals surface area contributed by atoms with Crippen molar-refractivity contribution in [2.24, 2.45) is 0 Å². The van der Waals surface area contributed by atoms with Crippen LogP contribution >= 0.6 is 11.8 Å². The van der Waals surface area contributed by atoms with Crippen LogP contribution in [0.3, 0.4) is 0 Å². The molecule has 0 unspecified atom stereocenters. The highest BCUT2D eigenvalue weighted by Gasteiger charge is 2.16. The molecule has 4 aromatic rings. The number of benzene rings is 3. The molecule has 0 radical (unpaired) electrons. The van der Waals surface area contributed by atoms with Crippen molar-refractivity contribution in [2.45, 2.75) is 25.5 Å². The molecule has 4 rings (SSSR count). The van der Waals surface area contributed by atoms with Crippen LogP contribution in [0.5, 0.6) is 0 Å². The van der Waals surface area contributed by atoms with E-state index < -0.39 is 0 Å². The maximum Gasteiger partial charge on any atom is 0.234 e. The van der Waals surface area contributed by atoms with Gasteiger partial charge in [0.2, 0.25) is 5.91 Å². The Labute approximate surface area is 186 Å². The summed E-state index contributed by atoms with van der Waals surface area (Å²) in [6.07, 6.45) is 0. The number of carbonyl (C=O) groups excluding carboxylic acids is 1. The van der Waals surface area contributed by atoms with Gasteiger partial charge < -0.3 is 5.32 Å². The predicted molar refractivity (Wildman–Crippen MR) is 126 cm³/mol. The molecule has 0 saturated carbocycles. The van der Waals surface area contributed by atoms with Crippen molar-refractivity contribution < 1.29 is 4.79 Å². The second-order valence-electron chi connectivity index (χ2n) is 7.35. The molecule has 0 atom stereocenters. The van der Waals surface area contributed by atoms with Crippen LogP contribution in [0.2, 0.25) is 0 Å². The number of hydrogen-bond donors (Lipinski definition) is 1. The molecule has 0 aliphatic rings. The lowest BCUT2D eigenvalue weighted by molar-refractivity contribution is -0.113. The summed E-state index contributed by atoms with van der Waals surface area (Å²) in [5.41, 5.74) is 5.14. The van der Waals surface area contributed by atoms with E-state index in [0.29, 0.717) is 6.54 Å². The molecule has 3 aromatic carbocycles. The molecule has 1 heterocycles. The second kappa shape index (κ2) is 9.62. The highest BCUT2D eigenvalue weighted by Crippen LogP contribution is 2.26. The third-order valence-electron chi connectivity index (χ3n) is 5.01. The van der Waals surface area contributed by atoms with Crippen LogP contribution in [0, 0.1) is 13.8 Å². The van der Waals surface area contributed by atoms with Crippen molar-refractivity contribution in [2.75, 3.05) is 11.1 Å². The fourth-order valence-corrected chi connectivity index (χ4v) is 4.16. The van der Waals surface area contributed by atoms with Gasteiger partial charge in [0, 0.05) is 11.3 Å². The van der Waals surface area contributed by atoms with Crippen LogP contribution < -0.4 is 5.32 Å². The van der Waals surface area contributed by atoms with Crippen molar-refractivity contribution in [3.05, 3.63) is 95.6 Å². The van der Waals surface area contributed by atoms with Gasteiger partial charge in [0.25, 0.3) is 0 Å². The minimum absolute atomic E-state index is 0.0575. The Morgan fingerprint density at radius 3 is 2.19 bits per heavy atom. The van der Waals surface area contributed by atoms with Gasteiger partial charge in [-0.05, 0) is 30.5 Å². The Bertz CT molecular complexity index is 1150. The summed E-state index contributed by atoms with van der Waals surface area (Å²) in [5.74, 6) is 0.996. The van der Waals surface area contributed by atoms with E-state index in [0.717, 1.165) is 38.9 Å². The Morgan fingerprint density at radius 1 is 0.871 bits per heavy atom. The molecule has 1 N–H and O–H groups in total. The Morgan fingerprint density at radius 2 is 1.52 bits per heavy atom. The third-order valence-corrected chi connectivity index (χ3v) is 5.98. The van der Waals surface area contributed by atoms with Crippen molar-refractivity contribution in [3.8, 4) is 11.4 Å². The number of para-hydroxylation sites is 1. The summed E-state index contributed by atoms with van der Waals surface area (Å²) in [5, 5.41) is 12.6. The summed E-state index contributed by atoms with van der Waals surface area (Å²) in [6, 6.07) is 26.2. The van der Waals surface area contributed by atoms with Crippen LogP contribution in [0.1, 0.15) is 16.7 Å². The van der Waals surface area contributed by atoms with Gasteiger partial charge in [0.1, 0.15) is 0 Å². The number of thioether (sulfide) groups is 1. The first kappa shape index (κ1) is 20.9. The van der Waals surface area contributed by atoms with Gasteiger partial charge in [-0.2, -0.15) is 0 Å². The summed E-state index contributed by atoms with van der Waals surface area (Å²) in [4.78, 5) is 12.6. The van der Waals surface area contributed by atoms with Gasteiger partial charge >= 0.3 is 0 Å². The molecule has 1 amide bonds. The first-order chi connectivity index (χ1) is 15.1. The standard InChI is InChI=1S/C25H24N4OS/c1-18-10-9-11-19(2)23(18)26-22(30)17-31-25-28-27-24(21-14-7-4-8-15-21)29(25)16-20-12-5-3-6-13-20/h3-15H,16-17H2,1-2H3,(H,26,30). The minimum Gasteiger partial charge on any atom is -0.325 e. The van der Waals surface area contributed by atoms with Gasteiger partial charge in [-0.15, -0.1) is 10.2 Å². The smallest absolute Gasteiger partial charge is 0.234 e. The van der Waals surface area contributed by atoms with E-state index in [1.807, 2.05) is 80.6 Å². The molecule has 0 saturated heterocycles. The number of nitrogens with one attached hydrogen (secondary N) is 1. The number of anilines is 1. The lowest BCUT2D eigenvalue weighted by Crippen LogP contribution is -2.16. The van der Waals surface area contributed by atoms with Gasteiger partial charge in [0.05, 0.1) is 12.3 Å². The molecule has 0 aliphatic heterocycles. The molecule has 0 spiro atoms. The maximum absolute atomic E-state index is 12.6. The molecule has 0 bridgehead atoms. The van der Waals surface area contributed by atoms with Crippen molar-refractivity contribution in [1.29, 1.82) is 0 Å². The van der Waals surface area contributed by atoms with Crippen molar-refractivity contribution >= 4 is 23.4 Å². The zero-order valence-electron chi connectivity index (χ0n) is 17.6. The Kier molecular flexibility index (Phi) is 6.48. The zero-order chi connectivity index (χ0) is 21.6. The fraction of sp³-hybridized carbons (Fsp3) is 0.160. The first-order valence-corrected chi connectivity index (χ1v) is 11.1. The average Bonchev–Trinajstić information content (AvgIpc) is 3.18. The summed E-state index contributed by atoms with van der Waals surface area (Å²) < 4.78 is 2.07. The van der Waals surface area contributed by atoms with Crippen LogP contribution in [0.15, 0.2) is 84.0 Å².